The molecule has 0 saturated carbocycles. The van der Waals surface area contributed by atoms with E-state index in [0.717, 1.165) is 11.3 Å². The number of hydrogen-bond donors (Lipinski definition) is 2. The van der Waals surface area contributed by atoms with Crippen molar-refractivity contribution in [3.63, 3.8) is 0 Å². The maximum absolute atomic E-state index is 5.68. The molecule has 0 saturated heterocycles. The topological polar surface area (TPSA) is 70.5 Å². The number of nitrogens with two attached hydrogens (primary N) is 2. The highest BCUT2D eigenvalue weighted by atomic mass is 16.5. The summed E-state index contributed by atoms with van der Waals surface area (Å²) in [5.74, 6) is 0.727. The summed E-state index contributed by atoms with van der Waals surface area (Å²) in [4.78, 5) is 0. The highest BCUT2D eigenvalue weighted by Gasteiger charge is 2.02. The van der Waals surface area contributed by atoms with Crippen LogP contribution in [0.25, 0.3) is 0 Å². The fourth-order valence-corrected chi connectivity index (χ4v) is 1.01. The van der Waals surface area contributed by atoms with E-state index in [1.807, 2.05) is 13.8 Å². The first-order valence-corrected chi connectivity index (χ1v) is 5.10. The van der Waals surface area contributed by atoms with Crippen LogP contribution in [0.3, 0.4) is 0 Å². The standard InChI is InChI=1S/C12H18N2O2/c1-9(2)7-16-12(14)8-15-11-5-3-10(13)4-6-11/h3-7,12H,8,13-14H2,1-2H3. The van der Waals surface area contributed by atoms with Crippen molar-refractivity contribution in [1.29, 1.82) is 0 Å². The molecule has 88 valence electrons. The Bertz CT molecular complexity index is 343. The van der Waals surface area contributed by atoms with E-state index in [9.17, 15) is 0 Å². The first-order chi connectivity index (χ1) is 7.58. The third-order valence-corrected chi connectivity index (χ3v) is 1.77. The van der Waals surface area contributed by atoms with Crippen LogP contribution in [0.2, 0.25) is 0 Å². The monoisotopic (exact) mass is 222 g/mol. The number of benzene rings is 1. The van der Waals surface area contributed by atoms with E-state index < -0.39 is 6.23 Å². The summed E-state index contributed by atoms with van der Waals surface area (Å²) < 4.78 is 10.6. The van der Waals surface area contributed by atoms with E-state index >= 15 is 0 Å². The van der Waals surface area contributed by atoms with Gasteiger partial charge in [0.25, 0.3) is 0 Å². The Morgan fingerprint density at radius 1 is 1.31 bits per heavy atom. The molecular formula is C12H18N2O2. The predicted molar refractivity (Wildman–Crippen MR) is 64.8 cm³/mol. The smallest absolute Gasteiger partial charge is 0.181 e. The summed E-state index contributed by atoms with van der Waals surface area (Å²) >= 11 is 0. The van der Waals surface area contributed by atoms with Crippen LogP contribution in [0.1, 0.15) is 13.8 Å². The van der Waals surface area contributed by atoms with Crippen molar-refractivity contribution in [2.45, 2.75) is 20.1 Å². The van der Waals surface area contributed by atoms with Gasteiger partial charge in [-0.3, -0.25) is 5.73 Å². The van der Waals surface area contributed by atoms with Gasteiger partial charge in [0.1, 0.15) is 12.4 Å². The van der Waals surface area contributed by atoms with Crippen LogP contribution in [0.4, 0.5) is 5.69 Å². The predicted octanol–water partition coefficient (Wildman–Crippen LogP) is 1.87. The largest absolute Gasteiger partial charge is 0.488 e. The molecule has 0 aliphatic rings. The molecule has 0 amide bonds. The van der Waals surface area contributed by atoms with Crippen molar-refractivity contribution in [2.24, 2.45) is 5.73 Å². The normalized spacial score (nSPS) is 11.7. The summed E-state index contributed by atoms with van der Waals surface area (Å²) in [5, 5.41) is 0. The van der Waals surface area contributed by atoms with Crippen LogP contribution < -0.4 is 16.2 Å². The Balaban J connectivity index is 2.34. The van der Waals surface area contributed by atoms with Crippen LogP contribution in [0.15, 0.2) is 36.1 Å². The van der Waals surface area contributed by atoms with Gasteiger partial charge in [-0.15, -0.1) is 0 Å². The van der Waals surface area contributed by atoms with E-state index in [4.69, 9.17) is 20.9 Å². The second kappa shape index (κ2) is 6.02. The summed E-state index contributed by atoms with van der Waals surface area (Å²) in [6.45, 7) is 4.18. The molecule has 0 aliphatic carbocycles. The maximum atomic E-state index is 5.68. The van der Waals surface area contributed by atoms with Gasteiger partial charge < -0.3 is 15.2 Å². The van der Waals surface area contributed by atoms with Crippen molar-refractivity contribution >= 4 is 5.69 Å². The molecule has 16 heavy (non-hydrogen) atoms. The number of nitrogen functional groups attached to an aromatic ring is 1. The Kier molecular flexibility index (Phi) is 4.66. The molecule has 0 bridgehead atoms. The van der Waals surface area contributed by atoms with Crippen molar-refractivity contribution in [3.05, 3.63) is 36.1 Å². The van der Waals surface area contributed by atoms with Gasteiger partial charge in [0.15, 0.2) is 6.23 Å². The van der Waals surface area contributed by atoms with E-state index in [0.29, 0.717) is 12.3 Å². The minimum Gasteiger partial charge on any atom is -0.488 e. The fraction of sp³-hybridized carbons (Fsp3) is 0.333. The first kappa shape index (κ1) is 12.4. The van der Waals surface area contributed by atoms with Crippen LogP contribution >= 0.6 is 0 Å². The van der Waals surface area contributed by atoms with Gasteiger partial charge in [-0.2, -0.15) is 0 Å². The third kappa shape index (κ3) is 4.70. The Morgan fingerprint density at radius 3 is 2.50 bits per heavy atom. The van der Waals surface area contributed by atoms with Crippen molar-refractivity contribution in [2.75, 3.05) is 12.3 Å². The van der Waals surface area contributed by atoms with Gasteiger partial charge in [-0.1, -0.05) is 0 Å². The molecular weight excluding hydrogens is 204 g/mol. The van der Waals surface area contributed by atoms with Crippen LogP contribution in [-0.2, 0) is 4.74 Å². The summed E-state index contributed by atoms with van der Waals surface area (Å²) in [6.07, 6.45) is 1.16. The molecule has 0 spiro atoms. The lowest BCUT2D eigenvalue weighted by molar-refractivity contribution is 0.0921. The van der Waals surface area contributed by atoms with Gasteiger partial charge >= 0.3 is 0 Å². The molecule has 4 heteroatoms. The molecule has 1 atom stereocenters. The minimum atomic E-state index is -0.465. The summed E-state index contributed by atoms with van der Waals surface area (Å²) in [5.41, 5.74) is 13.0. The molecule has 0 aromatic heterocycles. The molecule has 4 N–H and O–H groups in total. The van der Waals surface area contributed by atoms with E-state index in [1.54, 1.807) is 30.5 Å². The average Bonchev–Trinajstić information content (AvgIpc) is 2.25. The van der Waals surface area contributed by atoms with Crippen molar-refractivity contribution in [1.82, 2.24) is 0 Å². The maximum Gasteiger partial charge on any atom is 0.181 e. The Labute approximate surface area is 95.8 Å². The molecule has 1 aromatic rings. The second-order valence-corrected chi connectivity index (χ2v) is 3.75. The molecule has 1 rings (SSSR count). The van der Waals surface area contributed by atoms with Crippen LogP contribution in [0, 0.1) is 0 Å². The third-order valence-electron chi connectivity index (χ3n) is 1.77. The molecule has 0 radical (unpaired) electrons. The van der Waals surface area contributed by atoms with E-state index in [1.165, 1.54) is 0 Å². The van der Waals surface area contributed by atoms with Gasteiger partial charge in [0, 0.05) is 5.69 Å². The molecule has 0 aliphatic heterocycles. The van der Waals surface area contributed by atoms with Crippen molar-refractivity contribution in [3.8, 4) is 5.75 Å². The van der Waals surface area contributed by atoms with Gasteiger partial charge in [-0.05, 0) is 43.7 Å². The lowest BCUT2D eigenvalue weighted by Crippen LogP contribution is -2.29. The van der Waals surface area contributed by atoms with E-state index in [-0.39, 0.29) is 0 Å². The number of hydrogen-bond acceptors (Lipinski definition) is 4. The summed E-state index contributed by atoms with van der Waals surface area (Å²) in [6, 6.07) is 7.14. The number of ether oxygens (including phenoxy) is 2. The van der Waals surface area contributed by atoms with Gasteiger partial charge in [0.05, 0.1) is 6.26 Å². The molecule has 0 heterocycles. The highest BCUT2D eigenvalue weighted by molar-refractivity contribution is 5.41. The van der Waals surface area contributed by atoms with Crippen molar-refractivity contribution < 1.29 is 9.47 Å². The molecule has 1 aromatic carbocycles. The molecule has 1 unspecified atom stereocenters. The number of rotatable bonds is 5. The van der Waals surface area contributed by atoms with Gasteiger partial charge in [0.2, 0.25) is 0 Å². The Morgan fingerprint density at radius 2 is 1.94 bits per heavy atom. The fourth-order valence-electron chi connectivity index (χ4n) is 1.01. The zero-order valence-electron chi connectivity index (χ0n) is 9.64. The quantitative estimate of drug-likeness (QED) is 0.453. The second-order valence-electron chi connectivity index (χ2n) is 3.75. The summed E-state index contributed by atoms with van der Waals surface area (Å²) in [7, 11) is 0. The lowest BCUT2D eigenvalue weighted by Gasteiger charge is -2.13. The van der Waals surface area contributed by atoms with Gasteiger partial charge in [-0.25, -0.2) is 0 Å². The zero-order valence-corrected chi connectivity index (χ0v) is 9.64. The molecule has 0 fully saturated rings. The highest BCUT2D eigenvalue weighted by Crippen LogP contribution is 2.13. The van der Waals surface area contributed by atoms with Crippen LogP contribution in [-0.4, -0.2) is 12.8 Å². The molecule has 4 nitrogen and oxygen atoms in total. The SMILES string of the molecule is CC(C)=COC(N)COc1ccc(N)cc1. The Hall–Kier alpha value is -1.68. The minimum absolute atomic E-state index is 0.299. The van der Waals surface area contributed by atoms with Crippen LogP contribution in [0.5, 0.6) is 5.75 Å². The van der Waals surface area contributed by atoms with E-state index in [2.05, 4.69) is 0 Å². The lowest BCUT2D eigenvalue weighted by atomic mass is 10.3. The zero-order chi connectivity index (χ0) is 12.0. The number of anilines is 1. The number of allylic oxidation sites excluding steroid dienone is 1. The average molecular weight is 222 g/mol. The first-order valence-electron chi connectivity index (χ1n) is 5.10.